The number of amides is 2. The first-order valence-electron chi connectivity index (χ1n) is 14.8. The Morgan fingerprint density at radius 1 is 0.911 bits per heavy atom. The minimum atomic E-state index is -4.18. The van der Waals surface area contributed by atoms with Gasteiger partial charge in [0.05, 0.1) is 10.6 Å². The van der Waals surface area contributed by atoms with Gasteiger partial charge in [-0.1, -0.05) is 113 Å². The molecule has 0 aliphatic rings. The third kappa shape index (κ3) is 9.19. The van der Waals surface area contributed by atoms with Gasteiger partial charge in [0.15, 0.2) is 0 Å². The van der Waals surface area contributed by atoms with Crippen LogP contribution in [-0.2, 0) is 32.6 Å². The molecule has 1 N–H and O–H groups in total. The lowest BCUT2D eigenvalue weighted by molar-refractivity contribution is -0.140. The summed E-state index contributed by atoms with van der Waals surface area (Å²) in [6.07, 6.45) is 1.91. The minimum Gasteiger partial charge on any atom is -0.354 e. The van der Waals surface area contributed by atoms with Gasteiger partial charge in [-0.25, -0.2) is 8.42 Å². The van der Waals surface area contributed by atoms with Crippen LogP contribution in [0.15, 0.2) is 112 Å². The van der Waals surface area contributed by atoms with Crippen LogP contribution in [0.1, 0.15) is 36.5 Å². The molecular weight excluding hydrogens is 674 g/mol. The Morgan fingerprint density at radius 3 is 2.27 bits per heavy atom. The molecule has 0 heterocycles. The first-order valence-corrected chi connectivity index (χ1v) is 17.4. The van der Waals surface area contributed by atoms with Crippen LogP contribution in [0, 0.1) is 6.92 Å². The quantitative estimate of drug-likeness (QED) is 0.141. The fourth-order valence-electron chi connectivity index (χ4n) is 4.87. The number of benzene rings is 4. The minimum absolute atomic E-state index is 0.00804. The molecule has 7 nitrogen and oxygen atoms in total. The molecule has 0 aromatic heterocycles. The fraction of sp³-hybridized carbons (Fsp3) is 0.257. The lowest BCUT2D eigenvalue weighted by Gasteiger charge is -2.34. The van der Waals surface area contributed by atoms with Gasteiger partial charge in [0.25, 0.3) is 10.0 Å². The van der Waals surface area contributed by atoms with E-state index in [0.29, 0.717) is 27.3 Å². The van der Waals surface area contributed by atoms with E-state index in [1.54, 1.807) is 54.6 Å². The average Bonchev–Trinajstić information content (AvgIpc) is 3.03. The van der Waals surface area contributed by atoms with Gasteiger partial charge in [0.1, 0.15) is 12.6 Å². The summed E-state index contributed by atoms with van der Waals surface area (Å²) in [6, 6.07) is 28.9. The molecule has 4 rings (SSSR count). The highest BCUT2D eigenvalue weighted by Crippen LogP contribution is 2.28. The Hall–Kier alpha value is -3.66. The molecule has 0 fully saturated rings. The van der Waals surface area contributed by atoms with E-state index < -0.39 is 28.5 Å². The number of rotatable bonds is 14. The van der Waals surface area contributed by atoms with Crippen molar-refractivity contribution < 1.29 is 18.0 Å². The number of nitrogens with one attached hydrogen (secondary N) is 1. The van der Waals surface area contributed by atoms with Crippen molar-refractivity contribution in [3.05, 3.63) is 129 Å². The molecule has 45 heavy (non-hydrogen) atoms. The van der Waals surface area contributed by atoms with Crippen molar-refractivity contribution in [2.45, 2.75) is 50.6 Å². The van der Waals surface area contributed by atoms with Crippen LogP contribution in [0.4, 0.5) is 5.69 Å². The van der Waals surface area contributed by atoms with Crippen LogP contribution >= 0.6 is 27.5 Å². The molecule has 1 atom stereocenters. The number of aryl methyl sites for hydroxylation is 1. The predicted octanol–water partition coefficient (Wildman–Crippen LogP) is 7.16. The molecule has 2 amide bonds. The molecule has 0 aliphatic heterocycles. The fourth-order valence-corrected chi connectivity index (χ4v) is 6.86. The van der Waals surface area contributed by atoms with E-state index in [1.165, 1.54) is 17.0 Å². The van der Waals surface area contributed by atoms with Gasteiger partial charge < -0.3 is 10.2 Å². The summed E-state index contributed by atoms with van der Waals surface area (Å²) in [5, 5.41) is 3.43. The van der Waals surface area contributed by atoms with E-state index in [-0.39, 0.29) is 23.8 Å². The Bertz CT molecular complexity index is 1700. The van der Waals surface area contributed by atoms with Gasteiger partial charge >= 0.3 is 0 Å². The summed E-state index contributed by atoms with van der Waals surface area (Å²) in [7, 11) is -4.18. The summed E-state index contributed by atoms with van der Waals surface area (Å²) in [6.45, 7) is 3.84. The van der Waals surface area contributed by atoms with E-state index in [9.17, 15) is 18.0 Å². The van der Waals surface area contributed by atoms with Crippen molar-refractivity contribution in [3.8, 4) is 0 Å². The third-order valence-corrected chi connectivity index (χ3v) is 10.0. The lowest BCUT2D eigenvalue weighted by atomic mass is 10.0. The number of halogens is 2. The molecule has 0 unspecified atom stereocenters. The second kappa shape index (κ2) is 16.1. The number of unbranched alkanes of at least 4 members (excludes halogenated alkanes) is 1. The van der Waals surface area contributed by atoms with Gasteiger partial charge in [-0.2, -0.15) is 0 Å². The first-order chi connectivity index (χ1) is 21.6. The normalized spacial score (nSPS) is 11.9. The molecule has 0 radical (unpaired) electrons. The second-order valence-corrected chi connectivity index (χ2v) is 14.0. The van der Waals surface area contributed by atoms with Crippen LogP contribution in [0.25, 0.3) is 0 Å². The van der Waals surface area contributed by atoms with Crippen molar-refractivity contribution in [1.82, 2.24) is 10.2 Å². The van der Waals surface area contributed by atoms with Crippen LogP contribution < -0.4 is 9.62 Å². The van der Waals surface area contributed by atoms with E-state index >= 15 is 0 Å². The molecule has 0 bridgehead atoms. The molecule has 0 saturated heterocycles. The maximum atomic E-state index is 14.5. The Kier molecular flexibility index (Phi) is 12.2. The van der Waals surface area contributed by atoms with Gasteiger partial charge in [0.2, 0.25) is 11.8 Å². The molecular formula is C35H37BrClN3O4S. The van der Waals surface area contributed by atoms with Crippen molar-refractivity contribution in [3.63, 3.8) is 0 Å². The van der Waals surface area contributed by atoms with Crippen molar-refractivity contribution in [1.29, 1.82) is 0 Å². The summed E-state index contributed by atoms with van der Waals surface area (Å²) >= 11 is 9.99. The SMILES string of the molecule is CCCCNC(=O)[C@H](Cc1ccccc1)N(Cc1ccccc1Cl)C(=O)CN(c1cccc(Br)c1)S(=O)(=O)c1ccc(C)cc1. The van der Waals surface area contributed by atoms with Gasteiger partial charge in [0, 0.05) is 29.0 Å². The zero-order chi connectivity index (χ0) is 32.4. The third-order valence-electron chi connectivity index (χ3n) is 7.38. The molecule has 0 spiro atoms. The van der Waals surface area contributed by atoms with Crippen molar-refractivity contribution in [2.75, 3.05) is 17.4 Å². The molecule has 10 heteroatoms. The molecule has 236 valence electrons. The number of anilines is 1. The number of sulfonamides is 1. The zero-order valence-corrected chi connectivity index (χ0v) is 28.5. The number of nitrogens with zero attached hydrogens (tertiary/aromatic N) is 2. The standard InChI is InChI=1S/C35H37BrClN3O4S/c1-3-4-21-38-35(42)33(22-27-11-6-5-7-12-27)39(24-28-13-8-9-16-32(28)37)34(41)25-40(30-15-10-14-29(36)23-30)45(43,44)31-19-17-26(2)18-20-31/h5-20,23,33H,3-4,21-22,24-25H2,1-2H3,(H,38,42)/t33-/m0/s1. The Labute approximate surface area is 279 Å². The summed E-state index contributed by atoms with van der Waals surface area (Å²) in [4.78, 5) is 29.8. The molecule has 4 aromatic carbocycles. The topological polar surface area (TPSA) is 86.8 Å². The maximum Gasteiger partial charge on any atom is 0.264 e. The summed E-state index contributed by atoms with van der Waals surface area (Å²) < 4.78 is 30.0. The van der Waals surface area contributed by atoms with Crippen LogP contribution in [0.5, 0.6) is 0 Å². The van der Waals surface area contributed by atoms with Crippen LogP contribution in [0.3, 0.4) is 0 Å². The second-order valence-electron chi connectivity index (χ2n) is 10.8. The Balaban J connectivity index is 1.80. The van der Waals surface area contributed by atoms with Crippen LogP contribution in [-0.4, -0.2) is 44.3 Å². The summed E-state index contributed by atoms with van der Waals surface area (Å²) in [5.41, 5.74) is 2.72. The van der Waals surface area contributed by atoms with E-state index in [1.807, 2.05) is 50.2 Å². The van der Waals surface area contributed by atoms with Gasteiger partial charge in [-0.05, 0) is 60.9 Å². The molecule has 4 aromatic rings. The number of hydrogen-bond donors (Lipinski definition) is 1. The average molecular weight is 711 g/mol. The lowest BCUT2D eigenvalue weighted by Crippen LogP contribution is -2.53. The summed E-state index contributed by atoms with van der Waals surface area (Å²) in [5.74, 6) is -0.861. The predicted molar refractivity (Wildman–Crippen MR) is 184 cm³/mol. The zero-order valence-electron chi connectivity index (χ0n) is 25.3. The van der Waals surface area contributed by atoms with E-state index in [0.717, 1.165) is 28.3 Å². The Morgan fingerprint density at radius 2 is 1.60 bits per heavy atom. The van der Waals surface area contributed by atoms with Crippen LogP contribution in [0.2, 0.25) is 5.02 Å². The first kappa shape index (κ1) is 34.2. The highest BCUT2D eigenvalue weighted by atomic mass is 79.9. The van der Waals surface area contributed by atoms with Crippen molar-refractivity contribution in [2.24, 2.45) is 0 Å². The highest BCUT2D eigenvalue weighted by Gasteiger charge is 2.35. The van der Waals surface area contributed by atoms with E-state index in [4.69, 9.17) is 11.6 Å². The maximum absolute atomic E-state index is 14.5. The highest BCUT2D eigenvalue weighted by molar-refractivity contribution is 9.10. The largest absolute Gasteiger partial charge is 0.354 e. The molecule has 0 saturated carbocycles. The smallest absolute Gasteiger partial charge is 0.264 e. The molecule has 0 aliphatic carbocycles. The van der Waals surface area contributed by atoms with E-state index in [2.05, 4.69) is 21.2 Å². The monoisotopic (exact) mass is 709 g/mol. The number of carbonyl (C=O) groups is 2. The number of hydrogen-bond acceptors (Lipinski definition) is 4. The van der Waals surface area contributed by atoms with Crippen molar-refractivity contribution >= 4 is 55.1 Å². The number of carbonyl (C=O) groups excluding carboxylic acids is 2. The van der Waals surface area contributed by atoms with Gasteiger partial charge in [-0.3, -0.25) is 13.9 Å². The van der Waals surface area contributed by atoms with Gasteiger partial charge in [-0.15, -0.1) is 0 Å².